The van der Waals surface area contributed by atoms with Crippen LogP contribution in [0.3, 0.4) is 0 Å². The number of benzene rings is 1. The molecule has 10 heteroatoms. The number of oxime groups is 1. The molecule has 0 aliphatic carbocycles. The Morgan fingerprint density at radius 1 is 1.38 bits per heavy atom. The molecule has 8 nitrogen and oxygen atoms in total. The predicted molar refractivity (Wildman–Crippen MR) is 95.7 cm³/mol. The van der Waals surface area contributed by atoms with Crippen molar-refractivity contribution in [2.75, 3.05) is 11.8 Å². The van der Waals surface area contributed by atoms with Gasteiger partial charge in [-0.1, -0.05) is 5.16 Å². The number of hydrogen-bond acceptors (Lipinski definition) is 6. The third-order valence-corrected chi connectivity index (χ3v) is 6.39. The standard InChI is InChI=1S/C16H16ClN3O5S/c1-9-10(15(21)11-7-18-20(2)16(11)22)3-4-13(26(23,24)8-17)14(9)12-5-6-25-19-12/h3-4,7,18H,5-6,8H2,1-2H3. The zero-order chi connectivity index (χ0) is 19.1. The highest BCUT2D eigenvalue weighted by Crippen LogP contribution is 2.28. The number of nitrogens with one attached hydrogen (secondary N) is 1. The second kappa shape index (κ2) is 6.73. The third kappa shape index (κ3) is 2.97. The van der Waals surface area contributed by atoms with E-state index in [1.165, 1.54) is 30.1 Å². The minimum atomic E-state index is -3.75. The summed E-state index contributed by atoms with van der Waals surface area (Å²) in [5, 5.41) is 5.95. The first kappa shape index (κ1) is 18.4. The second-order valence-electron chi connectivity index (χ2n) is 5.84. The van der Waals surface area contributed by atoms with Crippen LogP contribution in [0.5, 0.6) is 0 Å². The van der Waals surface area contributed by atoms with Crippen LogP contribution in [0, 0.1) is 6.92 Å². The summed E-state index contributed by atoms with van der Waals surface area (Å²) in [5.74, 6) is -0.500. The first-order valence-corrected chi connectivity index (χ1v) is 9.87. The van der Waals surface area contributed by atoms with Gasteiger partial charge in [-0.05, 0) is 24.6 Å². The molecule has 2 aromatic rings. The van der Waals surface area contributed by atoms with Crippen LogP contribution in [0.4, 0.5) is 0 Å². The molecule has 1 aliphatic rings. The van der Waals surface area contributed by atoms with Gasteiger partial charge in [0.05, 0.1) is 10.6 Å². The molecule has 1 aromatic heterocycles. The van der Waals surface area contributed by atoms with Crippen molar-refractivity contribution in [2.45, 2.75) is 18.2 Å². The second-order valence-corrected chi connectivity index (χ2v) is 8.38. The van der Waals surface area contributed by atoms with E-state index in [9.17, 15) is 18.0 Å². The van der Waals surface area contributed by atoms with Gasteiger partial charge in [0, 0.05) is 30.8 Å². The molecule has 26 heavy (non-hydrogen) atoms. The first-order valence-electron chi connectivity index (χ1n) is 7.68. The molecule has 0 fully saturated rings. The molecule has 0 radical (unpaired) electrons. The van der Waals surface area contributed by atoms with Crippen LogP contribution < -0.4 is 5.56 Å². The molecule has 0 spiro atoms. The van der Waals surface area contributed by atoms with Crippen LogP contribution in [-0.4, -0.2) is 41.5 Å². The number of sulfone groups is 1. The van der Waals surface area contributed by atoms with Gasteiger partial charge in [-0.2, -0.15) is 0 Å². The number of carbonyl (C=O) groups excluding carboxylic acids is 1. The number of H-pyrrole nitrogens is 1. The number of rotatable bonds is 5. The fourth-order valence-corrected chi connectivity index (χ4v) is 4.19. The van der Waals surface area contributed by atoms with Crippen LogP contribution in [0.2, 0.25) is 0 Å². The Morgan fingerprint density at radius 3 is 2.65 bits per heavy atom. The summed E-state index contributed by atoms with van der Waals surface area (Å²) >= 11 is 5.61. The molecule has 0 saturated heterocycles. The van der Waals surface area contributed by atoms with Crippen molar-refractivity contribution < 1.29 is 18.0 Å². The number of aryl methyl sites for hydroxylation is 1. The Balaban J connectivity index is 2.24. The quantitative estimate of drug-likeness (QED) is 0.604. The summed E-state index contributed by atoms with van der Waals surface area (Å²) in [4.78, 5) is 29.9. The van der Waals surface area contributed by atoms with Gasteiger partial charge in [-0.3, -0.25) is 14.3 Å². The van der Waals surface area contributed by atoms with Gasteiger partial charge in [0.1, 0.15) is 17.4 Å². The number of aromatic amines is 1. The number of halogens is 1. The molecule has 1 aliphatic heterocycles. The van der Waals surface area contributed by atoms with Crippen LogP contribution in [0.25, 0.3) is 0 Å². The lowest BCUT2D eigenvalue weighted by Crippen LogP contribution is -2.21. The molecular formula is C16H16ClN3O5S. The van der Waals surface area contributed by atoms with Crippen molar-refractivity contribution in [3.8, 4) is 0 Å². The molecule has 0 unspecified atom stereocenters. The molecule has 0 saturated carbocycles. The minimum absolute atomic E-state index is 0.00669. The number of alkyl halides is 1. The average molecular weight is 398 g/mol. The normalized spacial score (nSPS) is 14.2. The summed E-state index contributed by atoms with van der Waals surface area (Å²) in [5.41, 5.74) is 0.881. The van der Waals surface area contributed by atoms with Crippen LogP contribution >= 0.6 is 11.6 Å². The van der Waals surface area contributed by atoms with Gasteiger partial charge >= 0.3 is 0 Å². The Bertz CT molecular complexity index is 1080. The highest BCUT2D eigenvalue weighted by molar-refractivity contribution is 7.92. The topological polar surface area (TPSA) is 111 Å². The largest absolute Gasteiger partial charge is 0.395 e. The summed E-state index contributed by atoms with van der Waals surface area (Å²) in [6, 6.07) is 2.72. The Morgan fingerprint density at radius 2 is 2.12 bits per heavy atom. The van der Waals surface area contributed by atoms with Crippen molar-refractivity contribution in [1.29, 1.82) is 0 Å². The zero-order valence-corrected chi connectivity index (χ0v) is 15.6. The summed E-state index contributed by atoms with van der Waals surface area (Å²) in [6.07, 6.45) is 1.73. The molecule has 0 bridgehead atoms. The fraction of sp³-hybridized carbons (Fsp3) is 0.312. The number of hydrogen-bond donors (Lipinski definition) is 1. The zero-order valence-electron chi connectivity index (χ0n) is 14.1. The maximum atomic E-state index is 12.8. The Kier molecular flexibility index (Phi) is 4.76. The van der Waals surface area contributed by atoms with Gasteiger partial charge in [-0.25, -0.2) is 8.42 Å². The highest BCUT2D eigenvalue weighted by atomic mass is 35.5. The van der Waals surface area contributed by atoms with E-state index in [1.54, 1.807) is 6.92 Å². The monoisotopic (exact) mass is 397 g/mol. The van der Waals surface area contributed by atoms with Gasteiger partial charge < -0.3 is 9.94 Å². The van der Waals surface area contributed by atoms with Gasteiger partial charge in [0.15, 0.2) is 15.6 Å². The van der Waals surface area contributed by atoms with E-state index >= 15 is 0 Å². The molecule has 1 aromatic carbocycles. The molecule has 3 rings (SSSR count). The minimum Gasteiger partial charge on any atom is -0.395 e. The summed E-state index contributed by atoms with van der Waals surface area (Å²) < 4.78 is 25.9. The van der Waals surface area contributed by atoms with Crippen molar-refractivity contribution in [2.24, 2.45) is 12.2 Å². The van der Waals surface area contributed by atoms with Crippen molar-refractivity contribution in [3.05, 3.63) is 50.9 Å². The SMILES string of the molecule is Cc1c(C(=O)c2c[nH]n(C)c2=O)ccc(S(=O)(=O)CCl)c1C1=NOCC1. The highest BCUT2D eigenvalue weighted by Gasteiger charge is 2.28. The fourth-order valence-electron chi connectivity index (χ4n) is 2.86. The lowest BCUT2D eigenvalue weighted by Gasteiger charge is -2.14. The van der Waals surface area contributed by atoms with E-state index in [4.69, 9.17) is 16.4 Å². The van der Waals surface area contributed by atoms with Gasteiger partial charge in [0.2, 0.25) is 0 Å². The predicted octanol–water partition coefficient (Wildman–Crippen LogP) is 1.35. The third-order valence-electron chi connectivity index (χ3n) is 4.23. The number of aromatic nitrogens is 2. The number of ketones is 1. The molecule has 1 N–H and O–H groups in total. The van der Waals surface area contributed by atoms with Crippen molar-refractivity contribution in [3.63, 3.8) is 0 Å². The molecule has 0 amide bonds. The van der Waals surface area contributed by atoms with E-state index < -0.39 is 26.4 Å². The maximum absolute atomic E-state index is 12.8. The van der Waals surface area contributed by atoms with E-state index in [2.05, 4.69) is 10.3 Å². The summed E-state index contributed by atoms with van der Waals surface area (Å²) in [6.45, 7) is 1.94. The molecule has 0 atom stereocenters. The van der Waals surface area contributed by atoms with E-state index in [0.717, 1.165) is 0 Å². The van der Waals surface area contributed by atoms with Crippen molar-refractivity contribution >= 4 is 32.9 Å². The van der Waals surface area contributed by atoms with E-state index in [-0.39, 0.29) is 16.0 Å². The maximum Gasteiger partial charge on any atom is 0.277 e. The lowest BCUT2D eigenvalue weighted by atomic mass is 9.93. The Hall–Kier alpha value is -2.39. The summed E-state index contributed by atoms with van der Waals surface area (Å²) in [7, 11) is -2.26. The van der Waals surface area contributed by atoms with E-state index in [1.807, 2.05) is 0 Å². The average Bonchev–Trinajstić information content (AvgIpc) is 3.25. The molecule has 138 valence electrons. The smallest absolute Gasteiger partial charge is 0.277 e. The molecular weight excluding hydrogens is 382 g/mol. The number of carbonyl (C=O) groups is 1. The lowest BCUT2D eigenvalue weighted by molar-refractivity contribution is 0.103. The molecule has 2 heterocycles. The van der Waals surface area contributed by atoms with Crippen LogP contribution in [-0.2, 0) is 21.7 Å². The van der Waals surface area contributed by atoms with Gasteiger partial charge in [0.25, 0.3) is 5.56 Å². The number of nitrogens with zero attached hydrogens (tertiary/aromatic N) is 2. The van der Waals surface area contributed by atoms with Crippen LogP contribution in [0.15, 0.2) is 33.2 Å². The van der Waals surface area contributed by atoms with Crippen LogP contribution in [0.1, 0.15) is 33.5 Å². The van der Waals surface area contributed by atoms with Crippen molar-refractivity contribution in [1.82, 2.24) is 9.78 Å². The van der Waals surface area contributed by atoms with Gasteiger partial charge in [-0.15, -0.1) is 11.6 Å². The first-order chi connectivity index (χ1) is 12.3. The van der Waals surface area contributed by atoms with E-state index in [0.29, 0.717) is 29.9 Å². The Labute approximate surface area is 154 Å².